The predicted molar refractivity (Wildman–Crippen MR) is 75.3 cm³/mol. The van der Waals surface area contributed by atoms with Gasteiger partial charge in [-0.2, -0.15) is 12.0 Å². The summed E-state index contributed by atoms with van der Waals surface area (Å²) in [4.78, 5) is 12.4. The molecule has 0 radical (unpaired) electrons. The molecule has 1 aromatic rings. The first-order chi connectivity index (χ1) is 9.11. The first-order valence-corrected chi connectivity index (χ1v) is 6.58. The molecule has 1 aliphatic rings. The summed E-state index contributed by atoms with van der Waals surface area (Å²) in [6.45, 7) is 3.31. The average molecular weight is 265 g/mol. The number of quaternary nitrogens is 1. The van der Waals surface area contributed by atoms with E-state index in [0.29, 0.717) is 6.61 Å². The summed E-state index contributed by atoms with van der Waals surface area (Å²) in [5.41, 5.74) is 2.34. The SMILES string of the molecule is [CH2-][NH+]1CCc2c(nc(N(C)C)nc2NCCOC)C1. The van der Waals surface area contributed by atoms with Gasteiger partial charge in [0.2, 0.25) is 5.95 Å². The number of fused-ring (bicyclic) bond motifs is 1. The van der Waals surface area contributed by atoms with Gasteiger partial charge in [-0.15, -0.1) is 0 Å². The molecule has 6 nitrogen and oxygen atoms in total. The number of hydrogen-bond donors (Lipinski definition) is 2. The molecule has 106 valence electrons. The van der Waals surface area contributed by atoms with Gasteiger partial charge in [0.15, 0.2) is 0 Å². The fraction of sp³-hybridized carbons (Fsp3) is 0.615. The van der Waals surface area contributed by atoms with Crippen LogP contribution in [0.4, 0.5) is 11.8 Å². The van der Waals surface area contributed by atoms with Crippen molar-refractivity contribution in [2.75, 3.05) is 51.1 Å². The van der Waals surface area contributed by atoms with Gasteiger partial charge in [-0.25, -0.2) is 4.98 Å². The van der Waals surface area contributed by atoms with Gasteiger partial charge in [0.05, 0.1) is 19.7 Å². The molecule has 19 heavy (non-hydrogen) atoms. The fourth-order valence-corrected chi connectivity index (χ4v) is 2.17. The van der Waals surface area contributed by atoms with Crippen LogP contribution < -0.4 is 15.1 Å². The van der Waals surface area contributed by atoms with Crippen molar-refractivity contribution < 1.29 is 9.64 Å². The van der Waals surface area contributed by atoms with Crippen molar-refractivity contribution in [3.05, 3.63) is 18.3 Å². The Labute approximate surface area is 114 Å². The summed E-state index contributed by atoms with van der Waals surface area (Å²) in [6, 6.07) is 0. The van der Waals surface area contributed by atoms with Crippen molar-refractivity contribution in [1.82, 2.24) is 9.97 Å². The third kappa shape index (κ3) is 3.33. The van der Waals surface area contributed by atoms with Crippen molar-refractivity contribution in [2.45, 2.75) is 13.0 Å². The smallest absolute Gasteiger partial charge is 0.227 e. The molecule has 0 fully saturated rings. The third-order valence-corrected chi connectivity index (χ3v) is 3.23. The molecule has 2 N–H and O–H groups in total. The Hall–Kier alpha value is -1.40. The highest BCUT2D eigenvalue weighted by atomic mass is 16.5. The first-order valence-electron chi connectivity index (χ1n) is 6.58. The Morgan fingerprint density at radius 1 is 1.42 bits per heavy atom. The van der Waals surface area contributed by atoms with E-state index < -0.39 is 0 Å². The Kier molecular flexibility index (Phi) is 4.55. The zero-order chi connectivity index (χ0) is 13.8. The Bertz CT molecular complexity index is 435. The molecule has 6 heteroatoms. The second kappa shape index (κ2) is 6.16. The Balaban J connectivity index is 2.28. The quantitative estimate of drug-likeness (QED) is 0.546. The van der Waals surface area contributed by atoms with Crippen LogP contribution in [0.5, 0.6) is 0 Å². The molecule has 1 atom stereocenters. The van der Waals surface area contributed by atoms with Gasteiger partial charge in [0.1, 0.15) is 11.5 Å². The number of nitrogens with one attached hydrogen (secondary N) is 2. The molecule has 0 spiro atoms. The van der Waals surface area contributed by atoms with Crippen LogP contribution in [0.15, 0.2) is 0 Å². The first kappa shape index (κ1) is 14.0. The summed E-state index contributed by atoms with van der Waals surface area (Å²) in [5, 5.41) is 3.35. The molecule has 0 saturated heterocycles. The summed E-state index contributed by atoms with van der Waals surface area (Å²) < 4.78 is 5.07. The van der Waals surface area contributed by atoms with E-state index in [1.165, 1.54) is 10.5 Å². The minimum Gasteiger partial charge on any atom is -0.463 e. The van der Waals surface area contributed by atoms with Crippen LogP contribution in [0.1, 0.15) is 11.3 Å². The van der Waals surface area contributed by atoms with Gasteiger partial charge in [-0.3, -0.25) is 0 Å². The monoisotopic (exact) mass is 265 g/mol. The molecule has 0 amide bonds. The van der Waals surface area contributed by atoms with E-state index in [4.69, 9.17) is 4.74 Å². The zero-order valence-corrected chi connectivity index (χ0v) is 12.0. The predicted octanol–water partition coefficient (Wildman–Crippen LogP) is -0.667. The zero-order valence-electron chi connectivity index (χ0n) is 12.0. The Morgan fingerprint density at radius 3 is 2.89 bits per heavy atom. The number of anilines is 2. The Morgan fingerprint density at radius 2 is 2.21 bits per heavy atom. The van der Waals surface area contributed by atoms with Gasteiger partial charge < -0.3 is 19.9 Å². The van der Waals surface area contributed by atoms with E-state index in [-0.39, 0.29) is 0 Å². The number of methoxy groups -OCH3 is 1. The van der Waals surface area contributed by atoms with Crippen LogP contribution in [0.3, 0.4) is 0 Å². The molecule has 1 aliphatic heterocycles. The van der Waals surface area contributed by atoms with Crippen LogP contribution in [0.25, 0.3) is 0 Å². The van der Waals surface area contributed by atoms with E-state index in [1.54, 1.807) is 7.11 Å². The van der Waals surface area contributed by atoms with Crippen LogP contribution >= 0.6 is 0 Å². The molecule has 2 rings (SSSR count). The van der Waals surface area contributed by atoms with Crippen LogP contribution in [0.2, 0.25) is 0 Å². The minimum atomic E-state index is 0.669. The highest BCUT2D eigenvalue weighted by Crippen LogP contribution is 2.21. The van der Waals surface area contributed by atoms with Crippen molar-refractivity contribution in [2.24, 2.45) is 0 Å². The molecule has 2 heterocycles. The third-order valence-electron chi connectivity index (χ3n) is 3.23. The maximum absolute atomic E-state index is 5.07. The number of aromatic nitrogens is 2. The number of ether oxygens (including phenoxy) is 1. The highest BCUT2D eigenvalue weighted by Gasteiger charge is 2.21. The molecule has 1 aromatic heterocycles. The number of rotatable bonds is 5. The summed E-state index contributed by atoms with van der Waals surface area (Å²) >= 11 is 0. The molecule has 1 unspecified atom stereocenters. The summed E-state index contributed by atoms with van der Waals surface area (Å²) in [7, 11) is 9.69. The second-order valence-electron chi connectivity index (χ2n) is 5.04. The maximum Gasteiger partial charge on any atom is 0.227 e. The van der Waals surface area contributed by atoms with Gasteiger partial charge >= 0.3 is 0 Å². The van der Waals surface area contributed by atoms with Crippen LogP contribution in [-0.2, 0) is 17.7 Å². The van der Waals surface area contributed by atoms with Gasteiger partial charge in [-0.05, 0) is 0 Å². The molecule has 0 aliphatic carbocycles. The maximum atomic E-state index is 5.07. The topological polar surface area (TPSA) is 54.7 Å². The van der Waals surface area contributed by atoms with E-state index in [1.807, 2.05) is 19.0 Å². The second-order valence-corrected chi connectivity index (χ2v) is 5.04. The van der Waals surface area contributed by atoms with E-state index in [2.05, 4.69) is 22.3 Å². The lowest BCUT2D eigenvalue weighted by Crippen LogP contribution is -3.06. The summed E-state index contributed by atoms with van der Waals surface area (Å²) in [5.74, 6) is 1.69. The largest absolute Gasteiger partial charge is 0.463 e. The molecular weight excluding hydrogens is 242 g/mol. The van der Waals surface area contributed by atoms with Gasteiger partial charge in [0.25, 0.3) is 0 Å². The van der Waals surface area contributed by atoms with Crippen molar-refractivity contribution in [3.8, 4) is 0 Å². The summed E-state index contributed by atoms with van der Waals surface area (Å²) in [6.07, 6.45) is 0.969. The van der Waals surface area contributed by atoms with Crippen molar-refractivity contribution in [1.29, 1.82) is 0 Å². The minimum absolute atomic E-state index is 0.669. The van der Waals surface area contributed by atoms with E-state index in [9.17, 15) is 0 Å². The lowest BCUT2D eigenvalue weighted by molar-refractivity contribution is -0.870. The lowest BCUT2D eigenvalue weighted by Gasteiger charge is -2.29. The van der Waals surface area contributed by atoms with Crippen molar-refractivity contribution >= 4 is 11.8 Å². The lowest BCUT2D eigenvalue weighted by atomic mass is 10.1. The van der Waals surface area contributed by atoms with E-state index >= 15 is 0 Å². The highest BCUT2D eigenvalue weighted by molar-refractivity contribution is 5.51. The van der Waals surface area contributed by atoms with E-state index in [0.717, 1.165) is 43.5 Å². The van der Waals surface area contributed by atoms with Gasteiger partial charge in [0, 0.05) is 39.7 Å². The standard InChI is InChI=1S/C13H23N5O/c1-17(2)13-15-11-9-18(3)7-5-10(11)12(16-13)14-6-8-19-4/h18H,3,5-9H2,1-2,4H3,(H,14,15,16). The molecular formula is C13H23N5O. The van der Waals surface area contributed by atoms with Crippen molar-refractivity contribution in [3.63, 3.8) is 0 Å². The average Bonchev–Trinajstić information content (AvgIpc) is 2.38. The molecule has 0 saturated carbocycles. The fourth-order valence-electron chi connectivity index (χ4n) is 2.17. The molecule has 0 bridgehead atoms. The number of hydrogen-bond acceptors (Lipinski definition) is 5. The van der Waals surface area contributed by atoms with Gasteiger partial charge in [-0.1, -0.05) is 0 Å². The number of nitrogens with zero attached hydrogens (tertiary/aromatic N) is 3. The van der Waals surface area contributed by atoms with Crippen LogP contribution in [0, 0.1) is 7.05 Å². The normalized spacial score (nSPS) is 18.0. The van der Waals surface area contributed by atoms with Crippen LogP contribution in [-0.4, -0.2) is 50.9 Å². The molecule has 0 aromatic carbocycles.